The van der Waals surface area contributed by atoms with Gasteiger partial charge >= 0.3 is 0 Å². The van der Waals surface area contributed by atoms with Crippen molar-refractivity contribution in [3.63, 3.8) is 0 Å². The van der Waals surface area contributed by atoms with Crippen molar-refractivity contribution in [3.8, 4) is 0 Å². The summed E-state index contributed by atoms with van der Waals surface area (Å²) in [4.78, 5) is 0. The van der Waals surface area contributed by atoms with Gasteiger partial charge in [0.05, 0.1) is 0 Å². The smallest absolute Gasteiger partial charge is 0.176 e. The van der Waals surface area contributed by atoms with Crippen molar-refractivity contribution in [2.45, 2.75) is 116 Å². The van der Waals surface area contributed by atoms with E-state index < -0.39 is 0 Å². The van der Waals surface area contributed by atoms with Gasteiger partial charge in [-0.25, -0.2) is 9.13 Å². The number of benzene rings is 2. The van der Waals surface area contributed by atoms with Gasteiger partial charge in [-0.05, 0) is 35.7 Å². The molecule has 0 aliphatic rings. The molecule has 0 bridgehead atoms. The van der Waals surface area contributed by atoms with Crippen LogP contribution in [0.2, 0.25) is 0 Å². The highest BCUT2D eigenvalue weighted by atomic mass is 14.9. The van der Waals surface area contributed by atoms with E-state index in [9.17, 15) is 0 Å². The quantitative estimate of drug-likeness (QED) is 0.0876. The first-order valence-electron chi connectivity index (χ1n) is 15.6. The van der Waals surface area contributed by atoms with Crippen molar-refractivity contribution < 1.29 is 9.13 Å². The second kappa shape index (κ2) is 17.0. The number of aryl methyl sites for hydroxylation is 2. The van der Waals surface area contributed by atoms with E-state index >= 15 is 0 Å². The number of aromatic nitrogens is 2. The Morgan fingerprint density at radius 1 is 0.316 bits per heavy atom. The highest BCUT2D eigenvalue weighted by molar-refractivity contribution is 5.80. The predicted molar refractivity (Wildman–Crippen MR) is 162 cm³/mol. The van der Waals surface area contributed by atoms with Gasteiger partial charge < -0.3 is 0 Å². The summed E-state index contributed by atoms with van der Waals surface area (Å²) in [5.41, 5.74) is 0. The van der Waals surface area contributed by atoms with Crippen LogP contribution in [0.15, 0.2) is 85.5 Å². The number of hydrogen-bond donors (Lipinski definition) is 0. The van der Waals surface area contributed by atoms with Gasteiger partial charge in [0.15, 0.2) is 24.8 Å². The molecule has 0 spiro atoms. The Balaban J connectivity index is 0.882. The van der Waals surface area contributed by atoms with Crippen LogP contribution in [0.5, 0.6) is 0 Å². The highest BCUT2D eigenvalue weighted by Crippen LogP contribution is 2.15. The van der Waals surface area contributed by atoms with Crippen LogP contribution in [-0.2, 0) is 13.1 Å². The Kier molecular flexibility index (Phi) is 12.6. The molecule has 0 N–H and O–H groups in total. The van der Waals surface area contributed by atoms with Gasteiger partial charge in [0.1, 0.15) is 13.1 Å². The van der Waals surface area contributed by atoms with Crippen LogP contribution in [0, 0.1) is 0 Å². The summed E-state index contributed by atoms with van der Waals surface area (Å²) < 4.78 is 4.71. The summed E-state index contributed by atoms with van der Waals surface area (Å²) in [5, 5.41) is 5.36. The fourth-order valence-corrected chi connectivity index (χ4v) is 5.70. The van der Waals surface area contributed by atoms with Gasteiger partial charge in [0.25, 0.3) is 0 Å². The van der Waals surface area contributed by atoms with Crippen LogP contribution in [0.4, 0.5) is 0 Å². The lowest BCUT2D eigenvalue weighted by Crippen LogP contribution is -2.32. The van der Waals surface area contributed by atoms with Crippen molar-refractivity contribution in [3.05, 3.63) is 85.5 Å². The summed E-state index contributed by atoms with van der Waals surface area (Å²) in [7, 11) is 0. The molecule has 0 radical (unpaired) electrons. The minimum Gasteiger partial charge on any atom is -0.205 e. The molecule has 4 rings (SSSR count). The normalized spacial score (nSPS) is 11.5. The average Bonchev–Trinajstić information content (AvgIpc) is 2.96. The fourth-order valence-electron chi connectivity index (χ4n) is 5.70. The van der Waals surface area contributed by atoms with Crippen LogP contribution in [-0.4, -0.2) is 0 Å². The van der Waals surface area contributed by atoms with Crippen LogP contribution in [0.25, 0.3) is 21.5 Å². The maximum atomic E-state index is 2.36. The van der Waals surface area contributed by atoms with E-state index in [0.29, 0.717) is 0 Å². The Hall–Kier alpha value is -2.74. The van der Waals surface area contributed by atoms with Crippen LogP contribution >= 0.6 is 0 Å². The van der Waals surface area contributed by atoms with Gasteiger partial charge in [-0.15, -0.1) is 0 Å². The van der Waals surface area contributed by atoms with Crippen LogP contribution in [0.1, 0.15) is 103 Å². The van der Waals surface area contributed by atoms with Crippen molar-refractivity contribution in [1.82, 2.24) is 0 Å². The molecule has 2 aromatic carbocycles. The minimum atomic E-state index is 1.15. The summed E-state index contributed by atoms with van der Waals surface area (Å²) in [6.45, 7) is 2.30. The zero-order chi connectivity index (χ0) is 26.1. The number of nitrogens with zero attached hydrogens (tertiary/aromatic N) is 2. The molecule has 0 unspecified atom stereocenters. The van der Waals surface area contributed by atoms with E-state index in [2.05, 4.69) is 94.6 Å². The first-order chi connectivity index (χ1) is 18.9. The molecule has 0 aliphatic heterocycles. The molecule has 38 heavy (non-hydrogen) atoms. The summed E-state index contributed by atoms with van der Waals surface area (Å²) >= 11 is 0. The van der Waals surface area contributed by atoms with Gasteiger partial charge in [0.2, 0.25) is 0 Å². The van der Waals surface area contributed by atoms with Crippen molar-refractivity contribution in [2.75, 3.05) is 0 Å². The molecule has 2 nitrogen and oxygen atoms in total. The van der Waals surface area contributed by atoms with Gasteiger partial charge in [-0.2, -0.15) is 0 Å². The van der Waals surface area contributed by atoms with E-state index in [-0.39, 0.29) is 0 Å². The SMILES string of the molecule is c1ccc2c[n+](CCCCCCCCCCCCCCCCCC[n+]3ccc4ccccc4c3)ccc2c1. The van der Waals surface area contributed by atoms with Crippen molar-refractivity contribution in [2.24, 2.45) is 0 Å². The van der Waals surface area contributed by atoms with Gasteiger partial charge in [-0.1, -0.05) is 113 Å². The lowest BCUT2D eigenvalue weighted by molar-refractivity contribution is -0.696. The lowest BCUT2D eigenvalue weighted by Gasteiger charge is -2.04. The molecule has 0 saturated carbocycles. The molecule has 202 valence electrons. The third-order valence-electron chi connectivity index (χ3n) is 8.08. The summed E-state index contributed by atoms with van der Waals surface area (Å²) in [6, 6.07) is 21.8. The molecule has 0 fully saturated rings. The van der Waals surface area contributed by atoms with Gasteiger partial charge in [0, 0.05) is 35.7 Å². The Bertz CT molecular complexity index is 1100. The topological polar surface area (TPSA) is 7.76 Å². The molecular weight excluding hydrogens is 460 g/mol. The molecule has 4 aromatic rings. The van der Waals surface area contributed by atoms with E-state index in [1.807, 2.05) is 0 Å². The monoisotopic (exact) mass is 510 g/mol. The number of pyridine rings is 2. The van der Waals surface area contributed by atoms with Gasteiger partial charge in [-0.3, -0.25) is 0 Å². The van der Waals surface area contributed by atoms with E-state index in [0.717, 1.165) is 13.1 Å². The second-order valence-electron chi connectivity index (χ2n) is 11.3. The first kappa shape index (κ1) is 28.3. The fraction of sp³-hybridized carbons (Fsp3) is 0.500. The zero-order valence-corrected chi connectivity index (χ0v) is 23.7. The van der Waals surface area contributed by atoms with Crippen molar-refractivity contribution >= 4 is 21.5 Å². The second-order valence-corrected chi connectivity index (χ2v) is 11.3. The molecule has 0 aliphatic carbocycles. The molecule has 2 heteroatoms. The largest absolute Gasteiger partial charge is 0.205 e. The number of hydrogen-bond acceptors (Lipinski definition) is 0. The van der Waals surface area contributed by atoms with Crippen molar-refractivity contribution in [1.29, 1.82) is 0 Å². The lowest BCUT2D eigenvalue weighted by atomic mass is 10.0. The molecular formula is C36H50N2+2. The molecule has 0 saturated heterocycles. The van der Waals surface area contributed by atoms with Crippen LogP contribution < -0.4 is 9.13 Å². The molecule has 2 heterocycles. The Morgan fingerprint density at radius 2 is 0.605 bits per heavy atom. The van der Waals surface area contributed by atoms with E-state index in [1.165, 1.54) is 124 Å². The Morgan fingerprint density at radius 3 is 0.947 bits per heavy atom. The minimum absolute atomic E-state index is 1.15. The number of unbranched alkanes of at least 4 members (excludes halogenated alkanes) is 15. The molecule has 0 atom stereocenters. The maximum Gasteiger partial charge on any atom is 0.176 e. The van der Waals surface area contributed by atoms with Crippen LogP contribution in [0.3, 0.4) is 0 Å². The summed E-state index contributed by atoms with van der Waals surface area (Å²) in [6.07, 6.45) is 31.5. The zero-order valence-electron chi connectivity index (χ0n) is 23.7. The summed E-state index contributed by atoms with van der Waals surface area (Å²) in [5.74, 6) is 0. The number of fused-ring (bicyclic) bond motifs is 2. The maximum absolute atomic E-state index is 2.36. The molecule has 0 amide bonds. The number of rotatable bonds is 19. The first-order valence-corrected chi connectivity index (χ1v) is 15.6. The predicted octanol–water partition coefficient (Wildman–Crippen LogP) is 9.51. The standard InChI is InChI=1S/C36H50N2/c1(3-5-7-9-11-13-19-27-37-29-25-33-21-15-17-23-35(33)31-37)2-4-6-8-10-12-14-20-28-38-30-26-34-22-16-18-24-36(34)32-38/h15-18,21-26,29-32H,1-14,19-20,27-28H2/q+2. The Labute approximate surface area is 231 Å². The van der Waals surface area contributed by atoms with E-state index in [1.54, 1.807) is 0 Å². The van der Waals surface area contributed by atoms with E-state index in [4.69, 9.17) is 0 Å². The average molecular weight is 511 g/mol. The third kappa shape index (κ3) is 10.2. The highest BCUT2D eigenvalue weighted by Gasteiger charge is 2.04. The third-order valence-corrected chi connectivity index (χ3v) is 8.08. The molecule has 2 aromatic heterocycles.